The molecule has 1 aromatic heterocycles. The van der Waals surface area contributed by atoms with E-state index in [0.717, 1.165) is 0 Å². The Morgan fingerprint density at radius 1 is 1.38 bits per heavy atom. The quantitative estimate of drug-likeness (QED) is 0.871. The zero-order valence-corrected chi connectivity index (χ0v) is 11.9. The Hall–Kier alpha value is -2.06. The van der Waals surface area contributed by atoms with E-state index in [9.17, 15) is 22.8 Å². The van der Waals surface area contributed by atoms with Crippen LogP contribution in [0.1, 0.15) is 31.3 Å². The van der Waals surface area contributed by atoms with Gasteiger partial charge in [-0.15, -0.1) is 0 Å². The molecule has 0 atom stereocenters. The Morgan fingerprint density at radius 2 is 2.00 bits per heavy atom. The first-order valence-electron chi connectivity index (χ1n) is 6.39. The van der Waals surface area contributed by atoms with Gasteiger partial charge in [0, 0.05) is 19.3 Å². The van der Waals surface area contributed by atoms with Gasteiger partial charge in [0.1, 0.15) is 0 Å². The van der Waals surface area contributed by atoms with E-state index in [1.807, 2.05) is 13.8 Å². The SMILES string of the molecule is CCn1cc(NC(=O)C(F)(F)F)c(C(=O)NCC(C)C)n1. The van der Waals surface area contributed by atoms with Crippen molar-refractivity contribution in [3.05, 3.63) is 11.9 Å². The Labute approximate surface area is 119 Å². The third-order valence-corrected chi connectivity index (χ3v) is 2.48. The number of hydrogen-bond donors (Lipinski definition) is 2. The Balaban J connectivity index is 2.95. The van der Waals surface area contributed by atoms with Gasteiger partial charge in [-0.1, -0.05) is 13.8 Å². The summed E-state index contributed by atoms with van der Waals surface area (Å²) in [6.45, 7) is 6.16. The topological polar surface area (TPSA) is 76.0 Å². The minimum atomic E-state index is -5.03. The Morgan fingerprint density at radius 3 is 2.48 bits per heavy atom. The van der Waals surface area contributed by atoms with Crippen molar-refractivity contribution in [1.82, 2.24) is 15.1 Å². The molecule has 0 spiro atoms. The van der Waals surface area contributed by atoms with Crippen molar-refractivity contribution < 1.29 is 22.8 Å². The highest BCUT2D eigenvalue weighted by Crippen LogP contribution is 2.20. The average Bonchev–Trinajstić information content (AvgIpc) is 2.78. The zero-order valence-electron chi connectivity index (χ0n) is 11.9. The van der Waals surface area contributed by atoms with Crippen LogP contribution in [0.3, 0.4) is 0 Å². The molecular formula is C12H17F3N4O2. The second-order valence-electron chi connectivity index (χ2n) is 4.80. The lowest BCUT2D eigenvalue weighted by molar-refractivity contribution is -0.167. The third kappa shape index (κ3) is 4.76. The second kappa shape index (κ2) is 6.59. The van der Waals surface area contributed by atoms with E-state index in [1.54, 1.807) is 12.2 Å². The smallest absolute Gasteiger partial charge is 0.350 e. The minimum Gasteiger partial charge on any atom is -0.350 e. The molecule has 0 fully saturated rings. The highest BCUT2D eigenvalue weighted by atomic mass is 19.4. The minimum absolute atomic E-state index is 0.176. The van der Waals surface area contributed by atoms with Crippen LogP contribution < -0.4 is 10.6 Å². The van der Waals surface area contributed by atoms with Crippen molar-refractivity contribution in [2.45, 2.75) is 33.5 Å². The number of aryl methyl sites for hydroxylation is 1. The summed E-state index contributed by atoms with van der Waals surface area (Å²) in [5.41, 5.74) is -0.504. The maximum atomic E-state index is 12.3. The molecule has 1 rings (SSSR count). The van der Waals surface area contributed by atoms with Gasteiger partial charge in [-0.25, -0.2) is 0 Å². The highest BCUT2D eigenvalue weighted by Gasteiger charge is 2.39. The predicted molar refractivity (Wildman–Crippen MR) is 69.8 cm³/mol. The van der Waals surface area contributed by atoms with Gasteiger partial charge in [0.05, 0.1) is 5.69 Å². The van der Waals surface area contributed by atoms with E-state index in [-0.39, 0.29) is 17.3 Å². The molecule has 2 N–H and O–H groups in total. The summed E-state index contributed by atoms with van der Waals surface area (Å²) in [7, 11) is 0. The number of rotatable bonds is 5. The van der Waals surface area contributed by atoms with Crippen LogP contribution in [0.5, 0.6) is 0 Å². The molecule has 0 saturated heterocycles. The van der Waals surface area contributed by atoms with E-state index >= 15 is 0 Å². The summed E-state index contributed by atoms with van der Waals surface area (Å²) in [4.78, 5) is 22.9. The molecule has 0 radical (unpaired) electrons. The normalized spacial score (nSPS) is 11.6. The molecular weight excluding hydrogens is 289 g/mol. The molecule has 6 nitrogen and oxygen atoms in total. The molecule has 0 aliphatic heterocycles. The number of nitrogens with zero attached hydrogens (tertiary/aromatic N) is 2. The fourth-order valence-electron chi connectivity index (χ4n) is 1.42. The summed E-state index contributed by atoms with van der Waals surface area (Å²) < 4.78 is 38.1. The fraction of sp³-hybridized carbons (Fsp3) is 0.583. The average molecular weight is 306 g/mol. The summed E-state index contributed by atoms with van der Waals surface area (Å²) in [6.07, 6.45) is -3.84. The Kier molecular flexibility index (Phi) is 5.34. The summed E-state index contributed by atoms with van der Waals surface area (Å²) in [5.74, 6) is -2.60. The standard InChI is InChI=1S/C12H17F3N4O2/c1-4-19-6-8(17-11(21)12(13,14)15)9(18-19)10(20)16-5-7(2)3/h6-7H,4-5H2,1-3H3,(H,16,20)(H,17,21). The van der Waals surface area contributed by atoms with Crippen LogP contribution in [0.25, 0.3) is 0 Å². The van der Waals surface area contributed by atoms with Crippen LogP contribution in [0.4, 0.5) is 18.9 Å². The van der Waals surface area contributed by atoms with E-state index < -0.39 is 18.0 Å². The number of carbonyl (C=O) groups is 2. The molecule has 0 bridgehead atoms. The van der Waals surface area contributed by atoms with Crippen molar-refractivity contribution in [2.75, 3.05) is 11.9 Å². The molecule has 0 saturated carbocycles. The van der Waals surface area contributed by atoms with Crippen LogP contribution in [0.2, 0.25) is 0 Å². The number of aromatic nitrogens is 2. The van der Waals surface area contributed by atoms with Crippen molar-refractivity contribution in [3.8, 4) is 0 Å². The molecule has 1 heterocycles. The molecule has 9 heteroatoms. The highest BCUT2D eigenvalue weighted by molar-refractivity contribution is 6.03. The largest absolute Gasteiger partial charge is 0.471 e. The van der Waals surface area contributed by atoms with Crippen molar-refractivity contribution in [2.24, 2.45) is 5.92 Å². The molecule has 0 aliphatic carbocycles. The van der Waals surface area contributed by atoms with Gasteiger partial charge in [-0.05, 0) is 12.8 Å². The van der Waals surface area contributed by atoms with Crippen LogP contribution >= 0.6 is 0 Å². The number of nitrogens with one attached hydrogen (secondary N) is 2. The van der Waals surface area contributed by atoms with Gasteiger partial charge in [0.15, 0.2) is 5.69 Å². The first-order chi connectivity index (χ1) is 9.65. The zero-order chi connectivity index (χ0) is 16.2. The maximum Gasteiger partial charge on any atom is 0.471 e. The number of carbonyl (C=O) groups excluding carboxylic acids is 2. The third-order valence-electron chi connectivity index (χ3n) is 2.48. The molecule has 118 valence electrons. The molecule has 0 unspecified atom stereocenters. The number of hydrogen-bond acceptors (Lipinski definition) is 3. The number of alkyl halides is 3. The van der Waals surface area contributed by atoms with E-state index in [4.69, 9.17) is 0 Å². The summed E-state index contributed by atoms with van der Waals surface area (Å²) >= 11 is 0. The van der Waals surface area contributed by atoms with Crippen LogP contribution in [-0.2, 0) is 11.3 Å². The number of amides is 2. The van der Waals surface area contributed by atoms with Gasteiger partial charge in [-0.3, -0.25) is 14.3 Å². The van der Waals surface area contributed by atoms with Gasteiger partial charge >= 0.3 is 12.1 Å². The molecule has 2 amide bonds. The second-order valence-corrected chi connectivity index (χ2v) is 4.80. The predicted octanol–water partition coefficient (Wildman–Crippen LogP) is 1.79. The summed E-state index contributed by atoms with van der Waals surface area (Å²) in [5, 5.41) is 8.07. The lowest BCUT2D eigenvalue weighted by atomic mass is 10.2. The lowest BCUT2D eigenvalue weighted by Crippen LogP contribution is -2.32. The Bertz CT molecular complexity index is 523. The first kappa shape index (κ1) is 17.0. The van der Waals surface area contributed by atoms with Crippen molar-refractivity contribution in [3.63, 3.8) is 0 Å². The van der Waals surface area contributed by atoms with Gasteiger partial charge in [0.2, 0.25) is 0 Å². The lowest BCUT2D eigenvalue weighted by Gasteiger charge is -2.09. The van der Waals surface area contributed by atoms with Crippen molar-refractivity contribution >= 4 is 17.5 Å². The van der Waals surface area contributed by atoms with Gasteiger partial charge in [0.25, 0.3) is 5.91 Å². The molecule has 1 aromatic rings. The van der Waals surface area contributed by atoms with E-state index in [1.165, 1.54) is 10.9 Å². The van der Waals surface area contributed by atoms with E-state index in [0.29, 0.717) is 13.1 Å². The first-order valence-corrected chi connectivity index (χ1v) is 6.39. The molecule has 21 heavy (non-hydrogen) atoms. The molecule has 0 aliphatic rings. The number of anilines is 1. The van der Waals surface area contributed by atoms with Crippen LogP contribution in [0, 0.1) is 5.92 Å². The van der Waals surface area contributed by atoms with Gasteiger partial charge < -0.3 is 10.6 Å². The van der Waals surface area contributed by atoms with E-state index in [2.05, 4.69) is 10.4 Å². The fourth-order valence-corrected chi connectivity index (χ4v) is 1.42. The maximum absolute atomic E-state index is 12.3. The summed E-state index contributed by atoms with van der Waals surface area (Å²) in [6, 6.07) is 0. The van der Waals surface area contributed by atoms with Crippen molar-refractivity contribution in [1.29, 1.82) is 0 Å². The molecule has 0 aromatic carbocycles. The monoisotopic (exact) mass is 306 g/mol. The number of halogens is 3. The van der Waals surface area contributed by atoms with Crippen LogP contribution in [-0.4, -0.2) is 34.3 Å². The van der Waals surface area contributed by atoms with Crippen LogP contribution in [0.15, 0.2) is 6.20 Å². The van der Waals surface area contributed by atoms with Gasteiger partial charge in [-0.2, -0.15) is 18.3 Å².